The Kier molecular flexibility index (Phi) is 3.76. The second-order valence-corrected chi connectivity index (χ2v) is 4.20. The molecule has 0 unspecified atom stereocenters. The molecule has 0 aromatic heterocycles. The van der Waals surface area contributed by atoms with Gasteiger partial charge in [-0.3, -0.25) is 0 Å². The van der Waals surface area contributed by atoms with Gasteiger partial charge in [0.2, 0.25) is 0 Å². The predicted molar refractivity (Wildman–Crippen MR) is 64.7 cm³/mol. The van der Waals surface area contributed by atoms with Crippen molar-refractivity contribution < 1.29 is 22.0 Å². The first-order valence-electron chi connectivity index (χ1n) is 5.68. The Bertz CT molecular complexity index is 634. The molecule has 0 aliphatic heterocycles. The Morgan fingerprint density at radius 3 is 2.10 bits per heavy atom. The number of alkyl halides is 3. The zero-order chi connectivity index (χ0) is 14.9. The lowest BCUT2D eigenvalue weighted by Gasteiger charge is -2.13. The van der Waals surface area contributed by atoms with E-state index in [1.165, 1.54) is 6.07 Å². The average molecular weight is 287 g/mol. The van der Waals surface area contributed by atoms with Crippen molar-refractivity contribution in [2.24, 2.45) is 5.73 Å². The Labute approximate surface area is 111 Å². The molecular formula is C14H10F5N. The summed E-state index contributed by atoms with van der Waals surface area (Å²) in [5.74, 6) is -1.60. The number of hydrogen-bond donors (Lipinski definition) is 1. The van der Waals surface area contributed by atoms with Crippen LogP contribution in [0.2, 0.25) is 0 Å². The van der Waals surface area contributed by atoms with Gasteiger partial charge < -0.3 is 5.73 Å². The predicted octanol–water partition coefficient (Wildman–Crippen LogP) is 4.11. The molecule has 0 heterocycles. The van der Waals surface area contributed by atoms with E-state index in [2.05, 4.69) is 0 Å². The molecule has 0 atom stereocenters. The highest BCUT2D eigenvalue weighted by atomic mass is 19.4. The van der Waals surface area contributed by atoms with E-state index in [1.54, 1.807) is 0 Å². The van der Waals surface area contributed by atoms with Crippen LogP contribution in [0.3, 0.4) is 0 Å². The Morgan fingerprint density at radius 2 is 1.55 bits per heavy atom. The fourth-order valence-corrected chi connectivity index (χ4v) is 1.91. The molecule has 0 saturated carbocycles. The van der Waals surface area contributed by atoms with Gasteiger partial charge in [-0.25, -0.2) is 8.78 Å². The van der Waals surface area contributed by atoms with Crippen molar-refractivity contribution in [3.63, 3.8) is 0 Å². The Balaban J connectivity index is 2.57. The summed E-state index contributed by atoms with van der Waals surface area (Å²) in [6.45, 7) is -0.184. The number of hydrogen-bond acceptors (Lipinski definition) is 1. The van der Waals surface area contributed by atoms with Crippen LogP contribution in [-0.2, 0) is 12.7 Å². The largest absolute Gasteiger partial charge is 0.416 e. The molecule has 1 nitrogen and oxygen atoms in total. The summed E-state index contributed by atoms with van der Waals surface area (Å²) in [6.07, 6.45) is -4.50. The second kappa shape index (κ2) is 5.20. The molecule has 0 aliphatic carbocycles. The zero-order valence-corrected chi connectivity index (χ0v) is 10.1. The number of rotatable bonds is 2. The third kappa shape index (κ3) is 2.80. The van der Waals surface area contributed by atoms with E-state index < -0.39 is 23.4 Å². The van der Waals surface area contributed by atoms with Gasteiger partial charge in [-0.15, -0.1) is 0 Å². The van der Waals surface area contributed by atoms with Crippen molar-refractivity contribution in [2.45, 2.75) is 12.7 Å². The lowest BCUT2D eigenvalue weighted by Crippen LogP contribution is -2.08. The third-order valence-electron chi connectivity index (χ3n) is 2.87. The van der Waals surface area contributed by atoms with Gasteiger partial charge in [0, 0.05) is 18.2 Å². The summed E-state index contributed by atoms with van der Waals surface area (Å²) >= 11 is 0. The summed E-state index contributed by atoms with van der Waals surface area (Å²) < 4.78 is 64.4. The molecule has 0 fully saturated rings. The Morgan fingerprint density at radius 1 is 0.900 bits per heavy atom. The van der Waals surface area contributed by atoms with E-state index in [-0.39, 0.29) is 23.2 Å². The van der Waals surface area contributed by atoms with Gasteiger partial charge in [0.25, 0.3) is 0 Å². The standard InChI is InChI=1S/C14H10F5N/c15-10-2-4-12(13(16)6-10)11-3-1-9(14(17,18)19)5-8(11)7-20/h1-6H,7,20H2. The average Bonchev–Trinajstić information content (AvgIpc) is 2.37. The summed E-state index contributed by atoms with van der Waals surface area (Å²) in [5.41, 5.74) is 4.94. The zero-order valence-electron chi connectivity index (χ0n) is 10.1. The van der Waals surface area contributed by atoms with E-state index in [0.717, 1.165) is 24.3 Å². The second-order valence-electron chi connectivity index (χ2n) is 4.20. The van der Waals surface area contributed by atoms with Gasteiger partial charge in [0.05, 0.1) is 5.56 Å². The summed E-state index contributed by atoms with van der Waals surface area (Å²) in [5, 5.41) is 0. The molecule has 0 saturated heterocycles. The number of halogens is 5. The molecule has 0 spiro atoms. The minimum atomic E-state index is -4.50. The molecule has 2 aromatic carbocycles. The van der Waals surface area contributed by atoms with Crippen molar-refractivity contribution >= 4 is 0 Å². The topological polar surface area (TPSA) is 26.0 Å². The van der Waals surface area contributed by atoms with Crippen LogP contribution in [0.15, 0.2) is 36.4 Å². The van der Waals surface area contributed by atoms with Gasteiger partial charge in [-0.05, 0) is 35.4 Å². The van der Waals surface area contributed by atoms with Crippen LogP contribution >= 0.6 is 0 Å². The lowest BCUT2D eigenvalue weighted by atomic mass is 9.97. The number of nitrogens with two attached hydrogens (primary N) is 1. The van der Waals surface area contributed by atoms with Crippen molar-refractivity contribution in [3.8, 4) is 11.1 Å². The molecule has 0 amide bonds. The SMILES string of the molecule is NCc1cc(C(F)(F)F)ccc1-c1ccc(F)cc1F. The number of benzene rings is 2. The first-order chi connectivity index (χ1) is 9.32. The van der Waals surface area contributed by atoms with Crippen LogP contribution in [0, 0.1) is 11.6 Å². The van der Waals surface area contributed by atoms with Gasteiger partial charge in [-0.2, -0.15) is 13.2 Å². The maximum absolute atomic E-state index is 13.7. The fraction of sp³-hybridized carbons (Fsp3) is 0.143. The van der Waals surface area contributed by atoms with Crippen LogP contribution in [0.5, 0.6) is 0 Å². The van der Waals surface area contributed by atoms with Gasteiger partial charge in [0.15, 0.2) is 0 Å². The monoisotopic (exact) mass is 287 g/mol. The van der Waals surface area contributed by atoms with E-state index >= 15 is 0 Å². The van der Waals surface area contributed by atoms with E-state index in [9.17, 15) is 22.0 Å². The molecule has 0 bridgehead atoms. The molecule has 106 valence electrons. The minimum absolute atomic E-state index is 0.0144. The third-order valence-corrected chi connectivity index (χ3v) is 2.87. The summed E-state index contributed by atoms with van der Waals surface area (Å²) in [4.78, 5) is 0. The first-order valence-corrected chi connectivity index (χ1v) is 5.68. The summed E-state index contributed by atoms with van der Waals surface area (Å²) in [6, 6.07) is 5.74. The molecular weight excluding hydrogens is 277 g/mol. The van der Waals surface area contributed by atoms with E-state index in [1.807, 2.05) is 0 Å². The van der Waals surface area contributed by atoms with Crippen molar-refractivity contribution in [1.82, 2.24) is 0 Å². The van der Waals surface area contributed by atoms with E-state index in [4.69, 9.17) is 5.73 Å². The molecule has 20 heavy (non-hydrogen) atoms. The lowest BCUT2D eigenvalue weighted by molar-refractivity contribution is -0.137. The molecule has 2 aromatic rings. The maximum atomic E-state index is 13.7. The molecule has 2 N–H and O–H groups in total. The molecule has 0 radical (unpaired) electrons. The van der Waals surface area contributed by atoms with Crippen molar-refractivity contribution in [1.29, 1.82) is 0 Å². The highest BCUT2D eigenvalue weighted by Crippen LogP contribution is 2.34. The van der Waals surface area contributed by atoms with Crippen LogP contribution in [0.25, 0.3) is 11.1 Å². The van der Waals surface area contributed by atoms with Gasteiger partial charge in [-0.1, -0.05) is 6.07 Å². The molecule has 6 heteroatoms. The minimum Gasteiger partial charge on any atom is -0.326 e. The van der Waals surface area contributed by atoms with Crippen LogP contribution in [-0.4, -0.2) is 0 Å². The quantitative estimate of drug-likeness (QED) is 0.826. The van der Waals surface area contributed by atoms with Crippen LogP contribution in [0.1, 0.15) is 11.1 Å². The van der Waals surface area contributed by atoms with Crippen molar-refractivity contribution in [3.05, 3.63) is 59.2 Å². The summed E-state index contributed by atoms with van der Waals surface area (Å²) in [7, 11) is 0. The van der Waals surface area contributed by atoms with Crippen molar-refractivity contribution in [2.75, 3.05) is 0 Å². The molecule has 0 aliphatic rings. The van der Waals surface area contributed by atoms with E-state index in [0.29, 0.717) is 6.07 Å². The maximum Gasteiger partial charge on any atom is 0.416 e. The van der Waals surface area contributed by atoms with Gasteiger partial charge in [0.1, 0.15) is 11.6 Å². The normalized spacial score (nSPS) is 11.7. The highest BCUT2D eigenvalue weighted by molar-refractivity contribution is 5.68. The first kappa shape index (κ1) is 14.5. The van der Waals surface area contributed by atoms with Crippen LogP contribution < -0.4 is 5.73 Å². The molecule has 2 rings (SSSR count). The van der Waals surface area contributed by atoms with Gasteiger partial charge >= 0.3 is 6.18 Å². The highest BCUT2D eigenvalue weighted by Gasteiger charge is 2.31. The van der Waals surface area contributed by atoms with Crippen LogP contribution in [0.4, 0.5) is 22.0 Å². The Hall–Kier alpha value is -1.95. The fourth-order valence-electron chi connectivity index (χ4n) is 1.91. The smallest absolute Gasteiger partial charge is 0.326 e.